The zero-order valence-corrected chi connectivity index (χ0v) is 18.9. The minimum atomic E-state index is -0.854. The maximum Gasteiger partial charge on any atom is 0.408 e. The van der Waals surface area contributed by atoms with Gasteiger partial charge in [0.25, 0.3) is 0 Å². The maximum atomic E-state index is 12.8. The second kappa shape index (κ2) is 12.3. The molecule has 29 heavy (non-hydrogen) atoms. The summed E-state index contributed by atoms with van der Waals surface area (Å²) < 4.78 is 9.74. The molecule has 0 aliphatic carbocycles. The van der Waals surface area contributed by atoms with Crippen LogP contribution in [0.15, 0.2) is 0 Å². The van der Waals surface area contributed by atoms with E-state index in [0.29, 0.717) is 12.8 Å². The molecule has 3 amide bonds. The summed E-state index contributed by atoms with van der Waals surface area (Å²) >= 11 is 0. The Morgan fingerprint density at radius 2 is 1.31 bits per heavy atom. The van der Waals surface area contributed by atoms with E-state index < -0.39 is 41.6 Å². The van der Waals surface area contributed by atoms with E-state index in [2.05, 4.69) is 20.7 Å². The Bertz CT molecular complexity index is 569. The van der Waals surface area contributed by atoms with Gasteiger partial charge in [-0.3, -0.25) is 14.4 Å². The molecule has 0 aromatic rings. The van der Waals surface area contributed by atoms with E-state index in [9.17, 15) is 19.2 Å². The third-order valence-electron chi connectivity index (χ3n) is 3.69. The van der Waals surface area contributed by atoms with Crippen LogP contribution in [0.4, 0.5) is 4.79 Å². The standard InChI is InChI=1S/C20H37N3O6/c1-12(2)9-14(17(25)21-11-16(24)28-8)22-18(26)15(10-13(3)4)23-19(27)29-20(5,6)7/h12-15H,9-11H2,1-8H3,(H,21,25)(H,22,26)(H,23,27). The molecular weight excluding hydrogens is 378 g/mol. The first kappa shape index (κ1) is 26.7. The molecule has 0 bridgehead atoms. The predicted molar refractivity (Wildman–Crippen MR) is 109 cm³/mol. The number of amides is 3. The first-order valence-electron chi connectivity index (χ1n) is 9.89. The predicted octanol–water partition coefficient (Wildman–Crippen LogP) is 1.75. The number of methoxy groups -OCH3 is 1. The van der Waals surface area contributed by atoms with Gasteiger partial charge in [0.1, 0.15) is 24.2 Å². The Morgan fingerprint density at radius 3 is 1.72 bits per heavy atom. The van der Waals surface area contributed by atoms with Crippen molar-refractivity contribution in [3.63, 3.8) is 0 Å². The molecule has 0 aliphatic heterocycles. The fourth-order valence-electron chi connectivity index (χ4n) is 2.48. The molecule has 3 N–H and O–H groups in total. The summed E-state index contributed by atoms with van der Waals surface area (Å²) in [5.41, 5.74) is -0.698. The van der Waals surface area contributed by atoms with E-state index in [1.165, 1.54) is 7.11 Å². The van der Waals surface area contributed by atoms with Gasteiger partial charge >= 0.3 is 12.1 Å². The van der Waals surface area contributed by atoms with Gasteiger partial charge in [0, 0.05) is 0 Å². The molecule has 0 fully saturated rings. The van der Waals surface area contributed by atoms with Crippen LogP contribution in [0, 0.1) is 11.8 Å². The third-order valence-corrected chi connectivity index (χ3v) is 3.69. The molecule has 0 saturated carbocycles. The summed E-state index contributed by atoms with van der Waals surface area (Å²) in [5, 5.41) is 7.73. The molecular formula is C20H37N3O6. The van der Waals surface area contributed by atoms with Gasteiger partial charge < -0.3 is 25.4 Å². The van der Waals surface area contributed by atoms with Crippen LogP contribution < -0.4 is 16.0 Å². The van der Waals surface area contributed by atoms with Gasteiger partial charge in [-0.15, -0.1) is 0 Å². The summed E-state index contributed by atoms with van der Waals surface area (Å²) in [4.78, 5) is 48.6. The Labute approximate surface area is 173 Å². The highest BCUT2D eigenvalue weighted by atomic mass is 16.6. The second-order valence-corrected chi connectivity index (χ2v) is 8.81. The molecule has 2 unspecified atom stereocenters. The minimum Gasteiger partial charge on any atom is -0.468 e. The fourth-order valence-corrected chi connectivity index (χ4v) is 2.48. The summed E-state index contributed by atoms with van der Waals surface area (Å²) in [6, 6.07) is -1.70. The van der Waals surface area contributed by atoms with Crippen molar-refractivity contribution in [3.05, 3.63) is 0 Å². The van der Waals surface area contributed by atoms with Crippen molar-refractivity contribution in [1.82, 2.24) is 16.0 Å². The van der Waals surface area contributed by atoms with Crippen molar-refractivity contribution in [3.8, 4) is 0 Å². The molecule has 0 aromatic carbocycles. The molecule has 0 spiro atoms. The Morgan fingerprint density at radius 1 is 0.828 bits per heavy atom. The van der Waals surface area contributed by atoms with Crippen LogP contribution >= 0.6 is 0 Å². The Kier molecular flexibility index (Phi) is 11.3. The molecule has 9 heteroatoms. The highest BCUT2D eigenvalue weighted by Gasteiger charge is 2.29. The fraction of sp³-hybridized carbons (Fsp3) is 0.800. The summed E-state index contributed by atoms with van der Waals surface area (Å²) in [6.45, 7) is 12.6. The molecule has 0 radical (unpaired) electrons. The minimum absolute atomic E-state index is 0.117. The number of rotatable bonds is 10. The molecule has 9 nitrogen and oxygen atoms in total. The molecule has 0 aromatic heterocycles. The van der Waals surface area contributed by atoms with E-state index in [1.54, 1.807) is 20.8 Å². The maximum absolute atomic E-state index is 12.8. The van der Waals surface area contributed by atoms with Gasteiger partial charge in [0.2, 0.25) is 11.8 Å². The number of carbonyl (C=O) groups is 4. The number of nitrogens with one attached hydrogen (secondary N) is 3. The van der Waals surface area contributed by atoms with Crippen LogP contribution in [-0.4, -0.2) is 55.2 Å². The normalized spacial score (nSPS) is 13.4. The number of ether oxygens (including phenoxy) is 2. The molecule has 0 rings (SSSR count). The summed E-state index contributed by atoms with van der Waals surface area (Å²) in [7, 11) is 1.22. The topological polar surface area (TPSA) is 123 Å². The molecule has 168 valence electrons. The molecule has 0 aliphatic rings. The highest BCUT2D eigenvalue weighted by molar-refractivity contribution is 5.92. The first-order chi connectivity index (χ1) is 13.2. The van der Waals surface area contributed by atoms with E-state index in [1.807, 2.05) is 27.7 Å². The van der Waals surface area contributed by atoms with Crippen molar-refractivity contribution in [2.75, 3.05) is 13.7 Å². The van der Waals surface area contributed by atoms with E-state index in [0.717, 1.165) is 0 Å². The number of carbonyl (C=O) groups excluding carboxylic acids is 4. The lowest BCUT2D eigenvalue weighted by molar-refractivity contribution is -0.141. The Balaban J connectivity index is 5.21. The lowest BCUT2D eigenvalue weighted by atomic mass is 10.00. The van der Waals surface area contributed by atoms with Crippen LogP contribution in [0.25, 0.3) is 0 Å². The van der Waals surface area contributed by atoms with Crippen LogP contribution in [-0.2, 0) is 23.9 Å². The van der Waals surface area contributed by atoms with Gasteiger partial charge in [-0.2, -0.15) is 0 Å². The number of alkyl carbamates (subject to hydrolysis) is 1. The largest absolute Gasteiger partial charge is 0.468 e. The van der Waals surface area contributed by atoms with Gasteiger partial charge in [0.05, 0.1) is 7.11 Å². The Hall–Kier alpha value is -2.32. The van der Waals surface area contributed by atoms with Crippen molar-refractivity contribution >= 4 is 23.9 Å². The van der Waals surface area contributed by atoms with Crippen LogP contribution in [0.3, 0.4) is 0 Å². The third kappa shape index (κ3) is 12.7. The zero-order chi connectivity index (χ0) is 22.8. The zero-order valence-electron chi connectivity index (χ0n) is 18.9. The molecule has 2 atom stereocenters. The molecule has 0 heterocycles. The second-order valence-electron chi connectivity index (χ2n) is 8.81. The number of esters is 1. The monoisotopic (exact) mass is 415 g/mol. The molecule has 0 saturated heterocycles. The number of hydrogen-bond donors (Lipinski definition) is 3. The van der Waals surface area contributed by atoms with Crippen LogP contribution in [0.1, 0.15) is 61.3 Å². The van der Waals surface area contributed by atoms with E-state index in [4.69, 9.17) is 4.74 Å². The van der Waals surface area contributed by atoms with Crippen LogP contribution in [0.2, 0.25) is 0 Å². The lowest BCUT2D eigenvalue weighted by Crippen LogP contribution is -2.55. The van der Waals surface area contributed by atoms with Gasteiger partial charge in [0.15, 0.2) is 0 Å². The van der Waals surface area contributed by atoms with Gasteiger partial charge in [-0.05, 0) is 45.4 Å². The van der Waals surface area contributed by atoms with Crippen molar-refractivity contribution < 1.29 is 28.7 Å². The van der Waals surface area contributed by atoms with E-state index >= 15 is 0 Å². The van der Waals surface area contributed by atoms with Crippen molar-refractivity contribution in [2.24, 2.45) is 11.8 Å². The highest BCUT2D eigenvalue weighted by Crippen LogP contribution is 2.11. The summed E-state index contributed by atoms with van der Waals surface area (Å²) in [6.07, 6.45) is 0.0527. The smallest absolute Gasteiger partial charge is 0.408 e. The van der Waals surface area contributed by atoms with Crippen molar-refractivity contribution in [2.45, 2.75) is 79.0 Å². The average molecular weight is 416 g/mol. The van der Waals surface area contributed by atoms with Gasteiger partial charge in [-0.25, -0.2) is 4.79 Å². The SMILES string of the molecule is COC(=O)CNC(=O)C(CC(C)C)NC(=O)C(CC(C)C)NC(=O)OC(C)(C)C. The van der Waals surface area contributed by atoms with Crippen molar-refractivity contribution in [1.29, 1.82) is 0 Å². The van der Waals surface area contributed by atoms with Crippen LogP contribution in [0.5, 0.6) is 0 Å². The quantitative estimate of drug-likeness (QED) is 0.467. The van der Waals surface area contributed by atoms with E-state index in [-0.39, 0.29) is 18.4 Å². The first-order valence-corrected chi connectivity index (χ1v) is 9.89. The lowest BCUT2D eigenvalue weighted by Gasteiger charge is -2.26. The number of hydrogen-bond acceptors (Lipinski definition) is 6. The van der Waals surface area contributed by atoms with Gasteiger partial charge in [-0.1, -0.05) is 27.7 Å². The summed E-state index contributed by atoms with van der Waals surface area (Å²) in [5.74, 6) is -1.32. The average Bonchev–Trinajstić information content (AvgIpc) is 2.55.